The van der Waals surface area contributed by atoms with Crippen molar-refractivity contribution in [3.63, 3.8) is 0 Å². The lowest BCUT2D eigenvalue weighted by atomic mass is 9.88. The van der Waals surface area contributed by atoms with Crippen molar-refractivity contribution in [2.75, 3.05) is 0 Å². The van der Waals surface area contributed by atoms with E-state index >= 15 is 0 Å². The number of aryl methyl sites for hydroxylation is 1. The standard InChI is InChI=1S/C21H23N5O/c1-4-6-8-14-13-16-15-9-7-11-22-21(15)24-19(16)20(26(14)18(27)5-2)17-10-12-23-25(17)3/h2,7,9-12,14,20H,4,6,8,13H2,1,3H3,(H,22,24)/t14-,20-/m0/s1. The fourth-order valence-corrected chi connectivity index (χ4v) is 4.21. The molecule has 1 amide bonds. The molecule has 0 radical (unpaired) electrons. The van der Waals surface area contributed by atoms with Crippen molar-refractivity contribution >= 4 is 16.9 Å². The Labute approximate surface area is 158 Å². The number of carbonyl (C=O) groups is 1. The number of rotatable bonds is 4. The first kappa shape index (κ1) is 17.3. The highest BCUT2D eigenvalue weighted by molar-refractivity contribution is 5.94. The van der Waals surface area contributed by atoms with Gasteiger partial charge in [0.15, 0.2) is 0 Å². The number of nitrogens with one attached hydrogen (secondary N) is 1. The van der Waals surface area contributed by atoms with Crippen molar-refractivity contribution in [2.24, 2.45) is 7.05 Å². The molecule has 2 atom stereocenters. The first-order valence-electron chi connectivity index (χ1n) is 9.38. The third-order valence-electron chi connectivity index (χ3n) is 5.48. The Bertz CT molecular complexity index is 1020. The molecule has 1 N–H and O–H groups in total. The van der Waals surface area contributed by atoms with Crippen molar-refractivity contribution in [2.45, 2.75) is 44.7 Å². The SMILES string of the molecule is C#CC(=O)N1[C@@H](CCCC)Cc2c([nH]c3ncccc23)[C@@H]1c1ccnn1C. The normalized spacial score (nSPS) is 19.1. The first-order chi connectivity index (χ1) is 13.2. The summed E-state index contributed by atoms with van der Waals surface area (Å²) in [7, 11) is 1.89. The number of hydrogen-bond acceptors (Lipinski definition) is 3. The molecule has 0 saturated carbocycles. The van der Waals surface area contributed by atoms with Crippen molar-refractivity contribution in [3.8, 4) is 12.3 Å². The van der Waals surface area contributed by atoms with Gasteiger partial charge in [-0.25, -0.2) is 4.98 Å². The Morgan fingerprint density at radius 3 is 2.96 bits per heavy atom. The molecule has 6 heteroatoms. The predicted octanol–water partition coefficient (Wildman–Crippen LogP) is 2.96. The van der Waals surface area contributed by atoms with Crippen LogP contribution >= 0.6 is 0 Å². The quantitative estimate of drug-likeness (QED) is 0.727. The van der Waals surface area contributed by atoms with Gasteiger partial charge < -0.3 is 9.88 Å². The van der Waals surface area contributed by atoms with Crippen LogP contribution in [-0.4, -0.2) is 36.6 Å². The van der Waals surface area contributed by atoms with Gasteiger partial charge in [-0.3, -0.25) is 9.48 Å². The minimum atomic E-state index is -0.291. The number of aromatic nitrogens is 4. The summed E-state index contributed by atoms with van der Waals surface area (Å²) in [6.07, 6.45) is 12.9. The third kappa shape index (κ3) is 2.80. The number of unbranched alkanes of at least 4 members (excludes halogenated alkanes) is 1. The van der Waals surface area contributed by atoms with E-state index in [2.05, 4.69) is 34.0 Å². The molecule has 0 spiro atoms. The van der Waals surface area contributed by atoms with E-state index < -0.39 is 0 Å². The Kier molecular flexibility index (Phi) is 4.44. The third-order valence-corrected chi connectivity index (χ3v) is 5.48. The lowest BCUT2D eigenvalue weighted by molar-refractivity contribution is -0.130. The maximum atomic E-state index is 12.8. The van der Waals surface area contributed by atoms with Crippen LogP contribution in [-0.2, 0) is 18.3 Å². The van der Waals surface area contributed by atoms with Gasteiger partial charge in [0.2, 0.25) is 0 Å². The second kappa shape index (κ2) is 6.92. The zero-order valence-corrected chi connectivity index (χ0v) is 15.6. The van der Waals surface area contributed by atoms with Gasteiger partial charge in [0.1, 0.15) is 11.7 Å². The van der Waals surface area contributed by atoms with Crippen LogP contribution in [0.4, 0.5) is 0 Å². The topological polar surface area (TPSA) is 66.8 Å². The van der Waals surface area contributed by atoms with Gasteiger partial charge in [0.05, 0.1) is 5.69 Å². The number of pyridine rings is 1. The number of nitrogens with zero attached hydrogens (tertiary/aromatic N) is 4. The molecule has 0 unspecified atom stereocenters. The van der Waals surface area contributed by atoms with E-state index in [9.17, 15) is 4.79 Å². The summed E-state index contributed by atoms with van der Waals surface area (Å²) < 4.78 is 1.81. The summed E-state index contributed by atoms with van der Waals surface area (Å²) in [5.41, 5.74) is 4.00. The average Bonchev–Trinajstić information content (AvgIpc) is 3.27. The lowest BCUT2D eigenvalue weighted by Crippen LogP contribution is -2.47. The number of hydrogen-bond donors (Lipinski definition) is 1. The van der Waals surface area contributed by atoms with Crippen LogP contribution in [0.3, 0.4) is 0 Å². The number of H-pyrrole nitrogens is 1. The maximum absolute atomic E-state index is 12.8. The van der Waals surface area contributed by atoms with E-state index in [1.54, 1.807) is 12.4 Å². The van der Waals surface area contributed by atoms with E-state index in [4.69, 9.17) is 6.42 Å². The van der Waals surface area contributed by atoms with Gasteiger partial charge >= 0.3 is 0 Å². The summed E-state index contributed by atoms with van der Waals surface area (Å²) >= 11 is 0. The van der Waals surface area contributed by atoms with Crippen molar-refractivity contribution in [3.05, 3.63) is 47.5 Å². The van der Waals surface area contributed by atoms with Gasteiger partial charge in [-0.1, -0.05) is 19.8 Å². The largest absolute Gasteiger partial charge is 0.341 e. The smallest absolute Gasteiger partial charge is 0.299 e. The number of aromatic amines is 1. The minimum Gasteiger partial charge on any atom is -0.341 e. The molecule has 27 heavy (non-hydrogen) atoms. The Balaban J connectivity index is 1.94. The molecule has 1 aliphatic rings. The Morgan fingerprint density at radius 1 is 1.41 bits per heavy atom. The molecule has 0 saturated heterocycles. The molecule has 6 nitrogen and oxygen atoms in total. The van der Waals surface area contributed by atoms with Gasteiger partial charge in [-0.2, -0.15) is 5.10 Å². The van der Waals surface area contributed by atoms with Crippen LogP contribution in [0.25, 0.3) is 11.0 Å². The van der Waals surface area contributed by atoms with Crippen molar-refractivity contribution < 1.29 is 4.79 Å². The van der Waals surface area contributed by atoms with Crippen LogP contribution in [0.5, 0.6) is 0 Å². The molecule has 0 bridgehead atoms. The molecule has 138 valence electrons. The van der Waals surface area contributed by atoms with Crippen LogP contribution in [0, 0.1) is 12.3 Å². The Morgan fingerprint density at radius 2 is 2.26 bits per heavy atom. The number of carbonyl (C=O) groups excluding carboxylic acids is 1. The van der Waals surface area contributed by atoms with E-state index in [1.165, 1.54) is 5.56 Å². The van der Waals surface area contributed by atoms with E-state index in [0.29, 0.717) is 0 Å². The molecule has 0 aliphatic carbocycles. The monoisotopic (exact) mass is 361 g/mol. The van der Waals surface area contributed by atoms with E-state index in [1.807, 2.05) is 28.8 Å². The van der Waals surface area contributed by atoms with Crippen LogP contribution in [0.2, 0.25) is 0 Å². The fraction of sp³-hybridized carbons (Fsp3) is 0.381. The van der Waals surface area contributed by atoms with Crippen molar-refractivity contribution in [1.82, 2.24) is 24.6 Å². The molecule has 4 heterocycles. The van der Waals surface area contributed by atoms with Crippen LogP contribution in [0.1, 0.15) is 49.2 Å². The summed E-state index contributed by atoms with van der Waals surface area (Å²) in [4.78, 5) is 22.6. The van der Waals surface area contributed by atoms with E-state index in [0.717, 1.165) is 48.1 Å². The summed E-state index contributed by atoms with van der Waals surface area (Å²) in [6.45, 7) is 2.16. The minimum absolute atomic E-state index is 0.0557. The number of amides is 1. The van der Waals surface area contributed by atoms with Gasteiger partial charge in [0, 0.05) is 36.6 Å². The predicted molar refractivity (Wildman–Crippen MR) is 104 cm³/mol. The first-order valence-corrected chi connectivity index (χ1v) is 9.38. The van der Waals surface area contributed by atoms with Crippen LogP contribution < -0.4 is 0 Å². The molecule has 0 fully saturated rings. The van der Waals surface area contributed by atoms with Crippen molar-refractivity contribution in [1.29, 1.82) is 0 Å². The second-order valence-electron chi connectivity index (χ2n) is 7.06. The summed E-state index contributed by atoms with van der Waals surface area (Å²) in [6, 6.07) is 5.76. The highest BCUT2D eigenvalue weighted by Gasteiger charge is 2.40. The van der Waals surface area contributed by atoms with Gasteiger partial charge in [0.25, 0.3) is 5.91 Å². The fourth-order valence-electron chi connectivity index (χ4n) is 4.21. The molecule has 3 aromatic rings. The molecular formula is C21H23N5O. The molecule has 4 rings (SSSR count). The summed E-state index contributed by atoms with van der Waals surface area (Å²) in [5, 5.41) is 5.44. The molecule has 0 aromatic carbocycles. The zero-order chi connectivity index (χ0) is 19.0. The maximum Gasteiger partial charge on any atom is 0.299 e. The Hall–Kier alpha value is -3.07. The zero-order valence-electron chi connectivity index (χ0n) is 15.6. The average molecular weight is 361 g/mol. The molecule has 3 aromatic heterocycles. The van der Waals surface area contributed by atoms with E-state index in [-0.39, 0.29) is 18.0 Å². The molecule has 1 aliphatic heterocycles. The number of fused-ring (bicyclic) bond motifs is 3. The second-order valence-corrected chi connectivity index (χ2v) is 7.06. The highest BCUT2D eigenvalue weighted by atomic mass is 16.2. The lowest BCUT2D eigenvalue weighted by Gasteiger charge is -2.41. The number of terminal acetylenes is 1. The van der Waals surface area contributed by atoms with Gasteiger partial charge in [-0.05, 0) is 42.5 Å². The van der Waals surface area contributed by atoms with Crippen LogP contribution in [0.15, 0.2) is 30.6 Å². The highest BCUT2D eigenvalue weighted by Crippen LogP contribution is 2.41. The molecular weight excluding hydrogens is 338 g/mol. The van der Waals surface area contributed by atoms with Gasteiger partial charge in [-0.15, -0.1) is 6.42 Å². The summed E-state index contributed by atoms with van der Waals surface area (Å²) in [5.74, 6) is 2.07.